The van der Waals surface area contributed by atoms with Gasteiger partial charge in [-0.05, 0) is 0 Å². The molecular formula is C10H8ClN5O3. The van der Waals surface area contributed by atoms with Crippen molar-refractivity contribution >= 4 is 23.2 Å². The van der Waals surface area contributed by atoms with Crippen molar-refractivity contribution in [1.29, 1.82) is 0 Å². The Morgan fingerprint density at radius 2 is 2.32 bits per heavy atom. The van der Waals surface area contributed by atoms with Crippen LogP contribution in [0.3, 0.4) is 0 Å². The third kappa shape index (κ3) is 3.05. The molecule has 2 aromatic rings. The summed E-state index contributed by atoms with van der Waals surface area (Å²) in [6, 6.07) is 1.08. The first-order valence-corrected chi connectivity index (χ1v) is 5.51. The predicted molar refractivity (Wildman–Crippen MR) is 65.7 cm³/mol. The Morgan fingerprint density at radius 1 is 1.53 bits per heavy atom. The van der Waals surface area contributed by atoms with Gasteiger partial charge in [0.15, 0.2) is 0 Å². The minimum atomic E-state index is -0.644. The van der Waals surface area contributed by atoms with Gasteiger partial charge in [-0.2, -0.15) is 0 Å². The summed E-state index contributed by atoms with van der Waals surface area (Å²) in [5.41, 5.74) is 0.356. The van der Waals surface area contributed by atoms with E-state index in [4.69, 9.17) is 11.6 Å². The molecule has 9 heteroatoms. The number of hydrogen-bond acceptors (Lipinski definition) is 5. The van der Waals surface area contributed by atoms with Crippen LogP contribution in [0.5, 0.6) is 0 Å². The third-order valence-electron chi connectivity index (χ3n) is 2.27. The van der Waals surface area contributed by atoms with Crippen LogP contribution in [0.25, 0.3) is 0 Å². The van der Waals surface area contributed by atoms with E-state index in [0.29, 0.717) is 5.69 Å². The molecule has 0 bridgehead atoms. The number of carbonyl (C=O) groups excluding carboxylic acids is 1. The summed E-state index contributed by atoms with van der Waals surface area (Å²) in [5.74, 6) is -0.546. The molecule has 0 atom stereocenters. The van der Waals surface area contributed by atoms with Crippen LogP contribution in [-0.2, 0) is 6.54 Å². The molecule has 0 aromatic carbocycles. The van der Waals surface area contributed by atoms with Gasteiger partial charge in [0.1, 0.15) is 11.3 Å². The number of carbonyl (C=O) groups is 1. The van der Waals surface area contributed by atoms with E-state index in [9.17, 15) is 14.9 Å². The summed E-state index contributed by atoms with van der Waals surface area (Å²) in [7, 11) is 0. The third-order valence-corrected chi connectivity index (χ3v) is 2.58. The van der Waals surface area contributed by atoms with Crippen molar-refractivity contribution in [1.82, 2.24) is 20.3 Å². The molecule has 0 aliphatic heterocycles. The Hall–Kier alpha value is -2.48. The summed E-state index contributed by atoms with van der Waals surface area (Å²) in [4.78, 5) is 32.0. The molecule has 0 unspecified atom stereocenters. The number of halogens is 1. The summed E-state index contributed by atoms with van der Waals surface area (Å²) in [6.45, 7) is 0.206. The van der Waals surface area contributed by atoms with Crippen LogP contribution in [0.1, 0.15) is 16.1 Å². The number of imidazole rings is 1. The normalized spacial score (nSPS) is 10.2. The van der Waals surface area contributed by atoms with E-state index in [0.717, 1.165) is 12.3 Å². The molecule has 1 amide bonds. The largest absolute Gasteiger partial charge is 0.347 e. The first kappa shape index (κ1) is 13.0. The lowest BCUT2D eigenvalue weighted by Gasteiger charge is -2.04. The standard InChI is InChI=1S/C10H8ClN5O3/c11-9-8(1-7(4-13-9)16(18)19)10(17)14-3-6-2-12-5-15-6/h1-2,4-5H,3H2,(H,12,15)(H,14,17). The van der Waals surface area contributed by atoms with Gasteiger partial charge in [0.2, 0.25) is 0 Å². The van der Waals surface area contributed by atoms with Crippen LogP contribution in [-0.4, -0.2) is 25.8 Å². The molecule has 0 radical (unpaired) electrons. The number of rotatable bonds is 4. The number of H-pyrrole nitrogens is 1. The summed E-state index contributed by atoms with van der Waals surface area (Å²) < 4.78 is 0. The summed E-state index contributed by atoms with van der Waals surface area (Å²) in [6.07, 6.45) is 4.02. The van der Waals surface area contributed by atoms with Crippen molar-refractivity contribution in [2.24, 2.45) is 0 Å². The maximum atomic E-state index is 11.8. The molecule has 2 heterocycles. The van der Waals surface area contributed by atoms with E-state index in [1.807, 2.05) is 0 Å². The molecule has 0 aliphatic rings. The Labute approximate surface area is 112 Å². The first-order valence-electron chi connectivity index (χ1n) is 5.13. The number of nitrogens with one attached hydrogen (secondary N) is 2. The van der Waals surface area contributed by atoms with E-state index in [2.05, 4.69) is 20.3 Å². The molecule has 98 valence electrons. The Kier molecular flexibility index (Phi) is 3.71. The molecule has 2 aromatic heterocycles. The van der Waals surface area contributed by atoms with Crippen molar-refractivity contribution in [2.75, 3.05) is 0 Å². The molecular weight excluding hydrogens is 274 g/mol. The van der Waals surface area contributed by atoms with Crippen molar-refractivity contribution in [2.45, 2.75) is 6.54 Å². The summed E-state index contributed by atoms with van der Waals surface area (Å²) >= 11 is 5.74. The maximum absolute atomic E-state index is 11.8. The molecule has 0 spiro atoms. The molecule has 8 nitrogen and oxygen atoms in total. The second kappa shape index (κ2) is 5.44. The lowest BCUT2D eigenvalue weighted by atomic mass is 10.2. The monoisotopic (exact) mass is 281 g/mol. The van der Waals surface area contributed by atoms with Crippen molar-refractivity contribution in [3.8, 4) is 0 Å². The van der Waals surface area contributed by atoms with E-state index >= 15 is 0 Å². The van der Waals surface area contributed by atoms with Crippen molar-refractivity contribution in [3.63, 3.8) is 0 Å². The van der Waals surface area contributed by atoms with Gasteiger partial charge in [-0.25, -0.2) is 9.97 Å². The van der Waals surface area contributed by atoms with Gasteiger partial charge in [0.05, 0.1) is 29.1 Å². The minimum Gasteiger partial charge on any atom is -0.347 e. The van der Waals surface area contributed by atoms with Gasteiger partial charge >= 0.3 is 0 Å². The zero-order valence-corrected chi connectivity index (χ0v) is 10.2. The fourth-order valence-electron chi connectivity index (χ4n) is 1.35. The first-order chi connectivity index (χ1) is 9.08. The van der Waals surface area contributed by atoms with Crippen LogP contribution < -0.4 is 5.32 Å². The highest BCUT2D eigenvalue weighted by Gasteiger charge is 2.16. The van der Waals surface area contributed by atoms with Gasteiger partial charge in [0, 0.05) is 12.3 Å². The minimum absolute atomic E-state index is 0.0459. The smallest absolute Gasteiger partial charge is 0.288 e. The number of aromatic nitrogens is 3. The number of hydrogen-bond donors (Lipinski definition) is 2. The van der Waals surface area contributed by atoms with Crippen LogP contribution in [0.4, 0.5) is 5.69 Å². The lowest BCUT2D eigenvalue weighted by Crippen LogP contribution is -2.23. The SMILES string of the molecule is O=C(NCc1cnc[nH]1)c1cc([N+](=O)[O-])cnc1Cl. The van der Waals surface area contributed by atoms with Crippen LogP contribution in [0.2, 0.25) is 5.15 Å². The average Bonchev–Trinajstić information content (AvgIpc) is 2.89. The molecule has 0 aliphatic carbocycles. The zero-order valence-electron chi connectivity index (χ0n) is 9.46. The van der Waals surface area contributed by atoms with E-state index in [-0.39, 0.29) is 22.9 Å². The molecule has 2 N–H and O–H groups in total. The van der Waals surface area contributed by atoms with Crippen LogP contribution in [0, 0.1) is 10.1 Å². The highest BCUT2D eigenvalue weighted by Crippen LogP contribution is 2.18. The lowest BCUT2D eigenvalue weighted by molar-refractivity contribution is -0.385. The number of nitrogens with zero attached hydrogens (tertiary/aromatic N) is 3. The topological polar surface area (TPSA) is 114 Å². The molecule has 2 rings (SSSR count). The van der Waals surface area contributed by atoms with Crippen molar-refractivity contribution in [3.05, 3.63) is 51.3 Å². The number of pyridine rings is 1. The zero-order chi connectivity index (χ0) is 13.8. The predicted octanol–water partition coefficient (Wildman–Crippen LogP) is 1.30. The van der Waals surface area contributed by atoms with Gasteiger partial charge in [0.25, 0.3) is 11.6 Å². The summed E-state index contributed by atoms with van der Waals surface area (Å²) in [5, 5.41) is 13.1. The number of aromatic amines is 1. The van der Waals surface area contributed by atoms with Crippen molar-refractivity contribution < 1.29 is 9.72 Å². The quantitative estimate of drug-likeness (QED) is 0.498. The molecule has 0 saturated carbocycles. The number of amides is 1. The Bertz CT molecular complexity index is 614. The van der Waals surface area contributed by atoms with Gasteiger partial charge in [-0.15, -0.1) is 0 Å². The second-order valence-electron chi connectivity index (χ2n) is 3.55. The van der Waals surface area contributed by atoms with E-state index in [1.54, 1.807) is 6.20 Å². The Morgan fingerprint density at radius 3 is 2.95 bits per heavy atom. The molecule has 19 heavy (non-hydrogen) atoms. The highest BCUT2D eigenvalue weighted by molar-refractivity contribution is 6.32. The Balaban J connectivity index is 2.14. The van der Waals surface area contributed by atoms with Gasteiger partial charge in [-0.3, -0.25) is 14.9 Å². The molecule has 0 fully saturated rings. The number of nitro groups is 1. The fourth-order valence-corrected chi connectivity index (χ4v) is 1.54. The van der Waals surface area contributed by atoms with Gasteiger partial charge in [-0.1, -0.05) is 11.6 Å². The van der Waals surface area contributed by atoms with E-state index < -0.39 is 10.8 Å². The highest BCUT2D eigenvalue weighted by atomic mass is 35.5. The average molecular weight is 282 g/mol. The fraction of sp³-hybridized carbons (Fsp3) is 0.100. The van der Waals surface area contributed by atoms with Crippen LogP contribution >= 0.6 is 11.6 Å². The molecule has 0 saturated heterocycles. The second-order valence-corrected chi connectivity index (χ2v) is 3.91. The van der Waals surface area contributed by atoms with Gasteiger partial charge < -0.3 is 10.3 Å². The maximum Gasteiger partial charge on any atom is 0.288 e. The van der Waals surface area contributed by atoms with E-state index in [1.165, 1.54) is 6.33 Å². The van der Waals surface area contributed by atoms with Crippen LogP contribution in [0.15, 0.2) is 24.8 Å².